The van der Waals surface area contributed by atoms with Crippen LogP contribution in [-0.4, -0.2) is 262 Å². The number of nitro groups is 3. The van der Waals surface area contributed by atoms with Crippen molar-refractivity contribution in [1.82, 2.24) is 67.1 Å². The molecule has 0 saturated carbocycles. The van der Waals surface area contributed by atoms with Crippen molar-refractivity contribution in [1.29, 1.82) is 5.26 Å². The molecule has 0 aromatic heterocycles. The number of benzene rings is 7. The van der Waals surface area contributed by atoms with E-state index in [1.54, 1.807) is 100 Å². The van der Waals surface area contributed by atoms with Gasteiger partial charge in [-0.2, -0.15) is 5.26 Å². The Kier molecular flexibility index (Phi) is 56.6. The minimum absolute atomic E-state index is 0. The van der Waals surface area contributed by atoms with Crippen LogP contribution in [0.15, 0.2) is 176 Å². The zero-order chi connectivity index (χ0) is 109. The largest absolute Gasteiger partial charge is 1.00 e. The molecule has 0 aliphatic carbocycles. The molecule has 7 aromatic carbocycles. The molecule has 0 atom stereocenters. The van der Waals surface area contributed by atoms with Crippen LogP contribution in [0.1, 0.15) is 140 Å². The number of aryl methyl sites for hydroxylation is 1. The van der Waals surface area contributed by atoms with Crippen LogP contribution < -0.4 is 72.1 Å². The number of anilines is 2. The molecule has 9 amide bonds. The molecule has 4 aliphatic heterocycles. The molecule has 802 valence electrons. The summed E-state index contributed by atoms with van der Waals surface area (Å²) in [6.45, 7) is 37.8. The fourth-order valence-electron chi connectivity index (χ4n) is 12.1. The number of hydrazine groups is 5. The third kappa shape index (κ3) is 52.9. The summed E-state index contributed by atoms with van der Waals surface area (Å²) in [6.07, 6.45) is -4.88. The predicted octanol–water partition coefficient (Wildman–Crippen LogP) is 14.5. The summed E-state index contributed by atoms with van der Waals surface area (Å²) < 4.78 is 88.2. The Balaban J connectivity index is 0.000000595. The Morgan fingerprint density at radius 3 is 0.939 bits per heavy atom. The third-order valence-corrected chi connectivity index (χ3v) is 19.2. The monoisotopic (exact) mass is 2110 g/mol. The number of halogens is 5. The molecule has 0 bridgehead atoms. The Labute approximate surface area is 887 Å². The second kappa shape index (κ2) is 65.1. The number of ether oxygens (including phenoxy) is 9. The van der Waals surface area contributed by atoms with E-state index >= 15 is 0 Å². The molecule has 4 fully saturated rings. The van der Waals surface area contributed by atoms with Crippen molar-refractivity contribution in [3.63, 3.8) is 0 Å². The number of nitro benzene ring substituents is 3. The first-order valence-corrected chi connectivity index (χ1v) is 47.3. The van der Waals surface area contributed by atoms with Gasteiger partial charge in [-0.3, -0.25) is 41.2 Å². The summed E-state index contributed by atoms with van der Waals surface area (Å²) in [4.78, 5) is 146. The maximum Gasteiger partial charge on any atom is 1.00 e. The number of hydrogen-bond acceptors (Lipinski definition) is 31. The molecule has 4 aliphatic rings. The normalized spacial score (nSPS) is 13.6. The van der Waals surface area contributed by atoms with E-state index in [0.29, 0.717) is 95.9 Å². The quantitative estimate of drug-likeness (QED) is 0.0162. The summed E-state index contributed by atoms with van der Waals surface area (Å²) in [5.41, 5.74) is 16.8. The number of carbonyl (C=O) groups excluding carboxylic acids is 9. The summed E-state index contributed by atoms with van der Waals surface area (Å²) in [5, 5.41) is 44.2. The average molecular weight is 2110 g/mol. The molecule has 49 heteroatoms. The van der Waals surface area contributed by atoms with Gasteiger partial charge >= 0.3 is 84.4 Å². The molecular weight excluding hydrogens is 1980 g/mol. The molecule has 0 spiro atoms. The number of amides is 9. The van der Waals surface area contributed by atoms with E-state index in [-0.39, 0.29) is 124 Å². The van der Waals surface area contributed by atoms with E-state index in [2.05, 4.69) is 32.6 Å². The molecule has 4 heterocycles. The van der Waals surface area contributed by atoms with Gasteiger partial charge in [-0.25, -0.2) is 88.0 Å². The minimum atomic E-state index is -0.763. The maximum absolute atomic E-state index is 14.1. The van der Waals surface area contributed by atoms with Crippen molar-refractivity contribution in [2.75, 3.05) is 140 Å². The number of rotatable bonds is 17. The van der Waals surface area contributed by atoms with E-state index in [9.17, 15) is 86.7 Å². The van der Waals surface area contributed by atoms with Crippen LogP contribution >= 0.6 is 23.2 Å². The van der Waals surface area contributed by atoms with Gasteiger partial charge < -0.3 is 78.6 Å². The first-order valence-electron chi connectivity index (χ1n) is 46.2. The van der Waals surface area contributed by atoms with Gasteiger partial charge in [0.1, 0.15) is 60.3 Å². The molecule has 147 heavy (non-hydrogen) atoms. The van der Waals surface area contributed by atoms with Crippen LogP contribution in [0, 0.1) is 66.0 Å². The second-order valence-corrected chi connectivity index (χ2v) is 37.3. The van der Waals surface area contributed by atoms with Crippen molar-refractivity contribution in [3.8, 4) is 6.07 Å². The van der Waals surface area contributed by atoms with E-state index in [1.165, 1.54) is 63.1 Å². The van der Waals surface area contributed by atoms with Gasteiger partial charge in [-0.15, -0.1) is 23.2 Å². The zero-order valence-corrected chi connectivity index (χ0v) is 89.7. The van der Waals surface area contributed by atoms with Crippen molar-refractivity contribution in [3.05, 3.63) is 252 Å². The Morgan fingerprint density at radius 2 is 0.660 bits per heavy atom. The zero-order valence-electron chi connectivity index (χ0n) is 87.2. The van der Waals surface area contributed by atoms with Gasteiger partial charge in [0.15, 0.2) is 11.6 Å². The van der Waals surface area contributed by atoms with Crippen molar-refractivity contribution >= 4 is 106 Å². The number of carbonyl (C=O) groups is 9. The summed E-state index contributed by atoms with van der Waals surface area (Å²) in [5.74, 6) is -1.16. The Hall–Kier alpha value is -13.5. The molecule has 6 N–H and O–H groups in total. The van der Waals surface area contributed by atoms with Crippen LogP contribution in [0.25, 0.3) is 0 Å². The van der Waals surface area contributed by atoms with E-state index in [1.807, 2.05) is 163 Å². The second-order valence-electron chi connectivity index (χ2n) is 36.6. The van der Waals surface area contributed by atoms with Gasteiger partial charge in [0, 0.05) is 129 Å². The Morgan fingerprint density at radius 1 is 0.395 bits per heavy atom. The predicted molar refractivity (Wildman–Crippen MR) is 540 cm³/mol. The minimum Gasteiger partial charge on any atom is -1.00 e. The van der Waals surface area contributed by atoms with Gasteiger partial charge in [-0.1, -0.05) is 121 Å². The van der Waals surface area contributed by atoms with Crippen molar-refractivity contribution in [2.24, 2.45) is 0 Å². The summed E-state index contributed by atoms with van der Waals surface area (Å²) in [7, 11) is 0. The summed E-state index contributed by atoms with van der Waals surface area (Å²) >= 11 is 11.1. The van der Waals surface area contributed by atoms with E-state index < -0.39 is 103 Å². The topological polar surface area (TPSA) is 491 Å². The molecule has 4 saturated heterocycles. The molecule has 0 unspecified atom stereocenters. The molecule has 43 nitrogen and oxygen atoms in total. The van der Waals surface area contributed by atoms with Crippen LogP contribution in [0.5, 0.6) is 0 Å². The van der Waals surface area contributed by atoms with Crippen LogP contribution in [-0.2, 0) is 69.1 Å². The van der Waals surface area contributed by atoms with Gasteiger partial charge in [-0.05, 0) is 157 Å². The number of hydrogen-bond donors (Lipinski definition) is 6. The summed E-state index contributed by atoms with van der Waals surface area (Å²) in [6, 6.07) is 49.2. The number of nitriles is 1. The fourth-order valence-corrected chi connectivity index (χ4v) is 12.5. The van der Waals surface area contributed by atoms with Crippen LogP contribution in [0.3, 0.4) is 0 Å². The molecule has 0 radical (unpaired) electrons. The first-order chi connectivity index (χ1) is 68.7. The molecule has 11 rings (SSSR count). The first kappa shape index (κ1) is 128. The smallest absolute Gasteiger partial charge is 1.00 e. The number of nitrogens with one attached hydrogen (secondary N) is 6. The number of alkyl halides is 2. The van der Waals surface area contributed by atoms with E-state index in [0.717, 1.165) is 53.5 Å². The maximum atomic E-state index is 14.1. The van der Waals surface area contributed by atoms with Crippen molar-refractivity contribution < 1.29 is 145 Å². The van der Waals surface area contributed by atoms with Gasteiger partial charge in [0.2, 0.25) is 0 Å². The number of non-ortho nitro benzene ring substituents is 3. The van der Waals surface area contributed by atoms with Gasteiger partial charge in [0.05, 0.1) is 76.6 Å². The van der Waals surface area contributed by atoms with Crippen LogP contribution in [0.4, 0.5) is 84.8 Å². The SMILES string of the molecule is CC#N.CC(C)(C)OC(=O)N(CCCl)CCCl.CC(C)(C)OC(=O)N1CCN(C(=O)OCc2ccccc2)N(C(=O)OCc2ccccc2)CC1.CC(C)(C)OC(=O)N1CCNN(c2ccc([N+](=O)[O-])cc2F)CC1.CC(C)(C)OC(=O)N1CCNN(c2ccc([N+](=O)[O-])cc2F)CC1.CC(C)(C)OC(=O)N1CCNNCC1.Cc1ccc([N+](=O)[O-])cc1F.O=C(NNC(=O)OCc1ccccc1)OCc1ccccc1.[H-].[Na+]. The average Bonchev–Trinajstić information content (AvgIpc) is 1.25. The number of nitrogens with zero attached hydrogens (tertiary/aromatic N) is 13. The van der Waals surface area contributed by atoms with Gasteiger partial charge in [0.25, 0.3) is 17.1 Å². The van der Waals surface area contributed by atoms with E-state index in [4.69, 9.17) is 71.1 Å². The third-order valence-electron chi connectivity index (χ3n) is 18.9. The Bertz CT molecular complexity index is 5070. The van der Waals surface area contributed by atoms with Crippen LogP contribution in [0.2, 0.25) is 0 Å². The molecule has 7 aromatic rings. The standard InChI is InChI=1S/C25H31N3O6.C16H16N2O4.2C15H21FN4O4.C9H17Cl2NO2.C9H19N3O2.C7H6FNO2.C2H3N.Na.H/c1-25(2,3)34-22(29)26-14-16-27(23(30)32-18-20-10-6-4-7-11-20)28(17-15-26)24(31)33-19-21-12-8-5-9-13-21;19-15(21-11-13-7-3-1-4-8-13)17-18-16(20)22-12-14-9-5-2-6-10-14;2*1-15(2,3)24-14(21)18-7-6-17-19(9-8-18)13-5-4-11(20(22)23)10-12(13)16;1-9(2,3)14-8(13)12(6-4-10)7-5-11;1-9(2,3)14-8(13)12-6-4-10-11-5-7-12;1-5-2-3-6(9(10)11)4-7(5)8;1-2-3;;/h4-13H,14-19H2,1-3H3;1-10H,11-12H2,(H,17,19)(H,18,20);2*4-5,10,17H,6-9H2,1-3H3;4-7H2,1-3H3;10-11H,4-7H2,1-3H3;2-4H,1H3;1H3;;/q;;;;;;;;+1;-1. The van der Waals surface area contributed by atoms with Crippen molar-refractivity contribution in [2.45, 2.75) is 172 Å². The fraction of sp³-hybridized carbons (Fsp3) is 0.469. The molecular formula is C98H135Cl2F3N19NaO24.